The lowest BCUT2D eigenvalue weighted by molar-refractivity contribution is 0.372. The average Bonchev–Trinajstić information content (AvgIpc) is 3.48. The highest BCUT2D eigenvalue weighted by Gasteiger charge is 2.44. The molecule has 0 radical (unpaired) electrons. The van der Waals surface area contributed by atoms with Crippen LogP contribution in [0.3, 0.4) is 0 Å². The smallest absolute Gasteiger partial charge is 0.0239 e. The number of hydrogen-bond acceptors (Lipinski definition) is 2. The molecule has 8 rings (SSSR count). The second-order valence-electron chi connectivity index (χ2n) is 11.7. The van der Waals surface area contributed by atoms with E-state index in [4.69, 9.17) is 5.73 Å². The zero-order valence-electron chi connectivity index (χ0n) is 23.9. The quantitative estimate of drug-likeness (QED) is 0.258. The molecule has 0 saturated carbocycles. The molecule has 0 spiro atoms. The van der Waals surface area contributed by atoms with Gasteiger partial charge < -0.3 is 5.73 Å². The van der Waals surface area contributed by atoms with Gasteiger partial charge in [-0.2, -0.15) is 0 Å². The Balaban J connectivity index is 1.35. The number of allylic oxidation sites excluding steroid dienone is 10. The first kappa shape index (κ1) is 26.3. The van der Waals surface area contributed by atoms with E-state index in [1.54, 1.807) is 0 Å². The highest BCUT2D eigenvalue weighted by molar-refractivity contribution is 8.03. The maximum Gasteiger partial charge on any atom is 0.0239 e. The standard InChI is InChI=1S/C41H33NS/c42-26-30-20-21-35(34-19-11-10-18-32(30)34)36-23-22-33(28-14-6-2-7-15-28)41-39(36)38-25-31(27-12-4-1-5-13-27)24-37(40(38)43-41)29-16-8-3-9-17-29/h1-25,34-36,39H,26,42H2. The summed E-state index contributed by atoms with van der Waals surface area (Å²) in [5, 5.41) is 0. The third-order valence-corrected chi connectivity index (χ3v) is 10.7. The molecule has 0 amide bonds. The van der Waals surface area contributed by atoms with Crippen LogP contribution in [0.15, 0.2) is 173 Å². The Morgan fingerprint density at radius 1 is 0.605 bits per heavy atom. The average molecular weight is 572 g/mol. The lowest BCUT2D eigenvalue weighted by Gasteiger charge is -2.39. The van der Waals surface area contributed by atoms with Gasteiger partial charge in [0.1, 0.15) is 0 Å². The van der Waals surface area contributed by atoms with Gasteiger partial charge in [-0.3, -0.25) is 0 Å². The minimum absolute atomic E-state index is 0.265. The molecule has 4 aromatic carbocycles. The molecule has 208 valence electrons. The van der Waals surface area contributed by atoms with E-state index >= 15 is 0 Å². The van der Waals surface area contributed by atoms with Crippen molar-refractivity contribution in [2.45, 2.75) is 10.8 Å². The Hall–Kier alpha value is -4.37. The summed E-state index contributed by atoms with van der Waals surface area (Å²) in [6.45, 7) is 0.569. The largest absolute Gasteiger partial charge is 0.326 e. The van der Waals surface area contributed by atoms with Crippen LogP contribution in [0.4, 0.5) is 0 Å². The highest BCUT2D eigenvalue weighted by Crippen LogP contribution is 2.62. The number of rotatable bonds is 5. The predicted octanol–water partition coefficient (Wildman–Crippen LogP) is 9.99. The monoisotopic (exact) mass is 571 g/mol. The van der Waals surface area contributed by atoms with E-state index in [0.717, 1.165) is 0 Å². The van der Waals surface area contributed by atoms with Gasteiger partial charge in [-0.05, 0) is 74.1 Å². The SMILES string of the molecule is NCC1=C2C=CC=CC2C(C2C=CC(c3ccccc3)=C3Sc4c(-c5ccccc5)cc(-c5ccccc5)cc4C32)C=C1. The van der Waals surface area contributed by atoms with Crippen molar-refractivity contribution in [1.29, 1.82) is 0 Å². The molecule has 4 unspecified atom stereocenters. The van der Waals surface area contributed by atoms with Crippen LogP contribution >= 0.6 is 11.8 Å². The second kappa shape index (κ2) is 11.0. The zero-order valence-corrected chi connectivity index (χ0v) is 24.8. The number of nitrogens with two attached hydrogens (primary N) is 1. The van der Waals surface area contributed by atoms with Gasteiger partial charge in [0, 0.05) is 28.2 Å². The van der Waals surface area contributed by atoms with Gasteiger partial charge in [-0.1, -0.05) is 151 Å². The summed E-state index contributed by atoms with van der Waals surface area (Å²) < 4.78 is 0. The van der Waals surface area contributed by atoms with E-state index in [-0.39, 0.29) is 5.92 Å². The van der Waals surface area contributed by atoms with Gasteiger partial charge in [0.05, 0.1) is 0 Å². The van der Waals surface area contributed by atoms with Crippen LogP contribution in [0.5, 0.6) is 0 Å². The maximum atomic E-state index is 6.22. The molecule has 4 aromatic rings. The third kappa shape index (κ3) is 4.54. The summed E-state index contributed by atoms with van der Waals surface area (Å²) in [6, 6.07) is 37.6. The molecule has 1 heterocycles. The lowest BCUT2D eigenvalue weighted by atomic mass is 9.65. The summed E-state index contributed by atoms with van der Waals surface area (Å²) >= 11 is 1.99. The zero-order chi connectivity index (χ0) is 28.8. The van der Waals surface area contributed by atoms with Crippen molar-refractivity contribution in [3.8, 4) is 22.3 Å². The number of hydrogen-bond donors (Lipinski definition) is 1. The molecule has 0 bridgehead atoms. The van der Waals surface area contributed by atoms with Crippen LogP contribution in [0, 0.1) is 17.8 Å². The van der Waals surface area contributed by atoms with Gasteiger partial charge in [-0.25, -0.2) is 0 Å². The Morgan fingerprint density at radius 2 is 1.28 bits per heavy atom. The van der Waals surface area contributed by atoms with Gasteiger partial charge in [0.2, 0.25) is 0 Å². The van der Waals surface area contributed by atoms with E-state index in [9.17, 15) is 0 Å². The van der Waals surface area contributed by atoms with Crippen molar-refractivity contribution in [2.75, 3.05) is 6.54 Å². The summed E-state index contributed by atoms with van der Waals surface area (Å²) in [5.41, 5.74) is 18.0. The molecule has 4 atom stereocenters. The van der Waals surface area contributed by atoms with Crippen molar-refractivity contribution in [2.24, 2.45) is 23.5 Å². The van der Waals surface area contributed by atoms with Crippen LogP contribution in [-0.4, -0.2) is 6.54 Å². The lowest BCUT2D eigenvalue weighted by Crippen LogP contribution is -2.30. The maximum absolute atomic E-state index is 6.22. The van der Waals surface area contributed by atoms with Crippen LogP contribution < -0.4 is 5.73 Å². The van der Waals surface area contributed by atoms with Crippen LogP contribution in [0.2, 0.25) is 0 Å². The van der Waals surface area contributed by atoms with Crippen LogP contribution in [-0.2, 0) is 0 Å². The van der Waals surface area contributed by atoms with Crippen molar-refractivity contribution in [3.63, 3.8) is 0 Å². The molecule has 43 heavy (non-hydrogen) atoms. The number of fused-ring (bicyclic) bond motifs is 4. The van der Waals surface area contributed by atoms with E-state index in [1.807, 2.05) is 11.8 Å². The summed E-state index contributed by atoms with van der Waals surface area (Å²) in [5.74, 6) is 1.24. The molecule has 2 N–H and O–H groups in total. The minimum atomic E-state index is 0.265. The molecule has 0 fully saturated rings. The molecule has 0 aromatic heterocycles. The summed E-state index contributed by atoms with van der Waals surface area (Å²) in [7, 11) is 0. The van der Waals surface area contributed by atoms with E-state index in [0.29, 0.717) is 24.3 Å². The number of thioether (sulfide) groups is 1. The first-order chi connectivity index (χ1) is 21.3. The first-order valence-corrected chi connectivity index (χ1v) is 16.0. The van der Waals surface area contributed by atoms with Gasteiger partial charge >= 0.3 is 0 Å². The minimum Gasteiger partial charge on any atom is -0.326 e. The van der Waals surface area contributed by atoms with Crippen molar-refractivity contribution in [1.82, 2.24) is 0 Å². The predicted molar refractivity (Wildman–Crippen MR) is 182 cm³/mol. The molecular formula is C41H33NS. The number of benzene rings is 4. The Kier molecular flexibility index (Phi) is 6.74. The van der Waals surface area contributed by atoms with Gasteiger partial charge in [0.25, 0.3) is 0 Å². The molecule has 1 aliphatic heterocycles. The van der Waals surface area contributed by atoms with E-state index in [2.05, 4.69) is 152 Å². The van der Waals surface area contributed by atoms with Gasteiger partial charge in [-0.15, -0.1) is 0 Å². The van der Waals surface area contributed by atoms with Crippen molar-refractivity contribution >= 4 is 17.3 Å². The Bertz CT molecular complexity index is 1870. The first-order valence-electron chi connectivity index (χ1n) is 15.2. The molecular weight excluding hydrogens is 539 g/mol. The highest BCUT2D eigenvalue weighted by atomic mass is 32.2. The Morgan fingerprint density at radius 3 is 2.00 bits per heavy atom. The van der Waals surface area contributed by atoms with Crippen molar-refractivity contribution in [3.05, 3.63) is 179 Å². The third-order valence-electron chi connectivity index (χ3n) is 9.39. The Labute approximate surface area is 258 Å². The van der Waals surface area contributed by atoms with E-state index in [1.165, 1.54) is 59.9 Å². The summed E-state index contributed by atoms with van der Waals surface area (Å²) in [4.78, 5) is 2.86. The molecule has 3 aliphatic carbocycles. The second-order valence-corrected chi connectivity index (χ2v) is 12.8. The fourth-order valence-electron chi connectivity index (χ4n) is 7.36. The van der Waals surface area contributed by atoms with Crippen molar-refractivity contribution < 1.29 is 0 Å². The van der Waals surface area contributed by atoms with Gasteiger partial charge in [0.15, 0.2) is 0 Å². The normalized spacial score (nSPS) is 23.4. The molecule has 4 aliphatic rings. The molecule has 2 heteroatoms. The fraction of sp³-hybridized carbons (Fsp3) is 0.122. The summed E-state index contributed by atoms with van der Waals surface area (Å²) in [6.07, 6.45) is 18.7. The van der Waals surface area contributed by atoms with E-state index < -0.39 is 0 Å². The van der Waals surface area contributed by atoms with Crippen LogP contribution in [0.1, 0.15) is 17.0 Å². The van der Waals surface area contributed by atoms with Crippen LogP contribution in [0.25, 0.3) is 27.8 Å². The topological polar surface area (TPSA) is 26.0 Å². The fourth-order valence-corrected chi connectivity index (χ4v) is 8.88. The molecule has 1 nitrogen and oxygen atoms in total. The molecule has 0 saturated heterocycles.